The monoisotopic (exact) mass is 561 g/mol. The third-order valence-corrected chi connectivity index (χ3v) is 7.41. The Bertz CT molecular complexity index is 1700. The van der Waals surface area contributed by atoms with Crippen molar-refractivity contribution in [3.05, 3.63) is 82.0 Å². The fraction of sp³-hybridized carbons (Fsp3) is 0.310. The van der Waals surface area contributed by atoms with Crippen molar-refractivity contribution in [2.45, 2.75) is 39.7 Å². The molecule has 1 amide bonds. The molecule has 3 aromatic heterocycles. The highest BCUT2D eigenvalue weighted by molar-refractivity contribution is 6.33. The Kier molecular flexibility index (Phi) is 7.37. The minimum absolute atomic E-state index is 0.0350. The summed E-state index contributed by atoms with van der Waals surface area (Å²) in [6.07, 6.45) is 2.76. The summed E-state index contributed by atoms with van der Waals surface area (Å²) >= 11 is 6.74. The lowest BCUT2D eigenvalue weighted by molar-refractivity contribution is -0.126. The summed E-state index contributed by atoms with van der Waals surface area (Å²) in [6.45, 7) is 12.6. The minimum atomic E-state index is -0.576. The molecule has 1 atom stereocenters. The predicted octanol–water partition coefficient (Wildman–Crippen LogP) is 4.69. The van der Waals surface area contributed by atoms with Crippen molar-refractivity contribution in [2.24, 2.45) is 0 Å². The van der Waals surface area contributed by atoms with Crippen LogP contribution in [0.15, 0.2) is 54.1 Å². The molecule has 4 heterocycles. The number of benzene rings is 1. The van der Waals surface area contributed by atoms with Crippen LogP contribution in [0.5, 0.6) is 0 Å². The smallest absolute Gasteiger partial charge is 0.350 e. The molecule has 5 rings (SSSR count). The van der Waals surface area contributed by atoms with Crippen LogP contribution in [0, 0.1) is 12.7 Å². The van der Waals surface area contributed by atoms with Gasteiger partial charge in [-0.25, -0.2) is 28.7 Å². The number of rotatable bonds is 5. The number of pyridine rings is 1. The lowest BCUT2D eigenvalue weighted by Gasteiger charge is -2.40. The quantitative estimate of drug-likeness (QED) is 0.326. The van der Waals surface area contributed by atoms with E-state index in [0.717, 1.165) is 0 Å². The third kappa shape index (κ3) is 4.72. The van der Waals surface area contributed by atoms with E-state index in [1.165, 1.54) is 23.0 Å². The molecular weight excluding hydrogens is 533 g/mol. The molecule has 9 nitrogen and oxygen atoms in total. The molecule has 1 aliphatic heterocycles. The van der Waals surface area contributed by atoms with Gasteiger partial charge in [-0.05, 0) is 44.0 Å². The predicted molar refractivity (Wildman–Crippen MR) is 154 cm³/mol. The molecule has 206 valence electrons. The molecule has 0 bridgehead atoms. The van der Waals surface area contributed by atoms with E-state index in [2.05, 4.69) is 21.5 Å². The topological polar surface area (TPSA) is 97.1 Å². The molecule has 0 N–H and O–H groups in total. The fourth-order valence-corrected chi connectivity index (χ4v) is 5.41. The summed E-state index contributed by atoms with van der Waals surface area (Å²) < 4.78 is 16.3. The Morgan fingerprint density at radius 2 is 1.95 bits per heavy atom. The minimum Gasteiger partial charge on any atom is -0.350 e. The summed E-state index contributed by atoms with van der Waals surface area (Å²) in [5.41, 5.74) is 1.80. The van der Waals surface area contributed by atoms with Crippen LogP contribution in [0.4, 0.5) is 10.2 Å². The van der Waals surface area contributed by atoms with Gasteiger partial charge in [0.15, 0.2) is 5.65 Å². The number of halogens is 2. The second kappa shape index (κ2) is 10.8. The van der Waals surface area contributed by atoms with Crippen molar-refractivity contribution in [1.82, 2.24) is 29.4 Å². The molecule has 40 heavy (non-hydrogen) atoms. The second-order valence-corrected chi connectivity index (χ2v) is 10.5. The summed E-state index contributed by atoms with van der Waals surface area (Å²) in [4.78, 5) is 48.0. The molecule has 1 aromatic carbocycles. The Morgan fingerprint density at radius 1 is 1.20 bits per heavy atom. The summed E-state index contributed by atoms with van der Waals surface area (Å²) in [5, 5.41) is 0.724. The largest absolute Gasteiger partial charge is 0.355 e. The first-order valence-electron chi connectivity index (χ1n) is 13.0. The molecule has 0 saturated carbocycles. The average Bonchev–Trinajstić information content (AvgIpc) is 2.93. The molecular formula is C29H29ClFN7O2. The summed E-state index contributed by atoms with van der Waals surface area (Å²) in [5.74, 6) is -0.283. The number of aryl methyl sites for hydroxylation is 1. The van der Waals surface area contributed by atoms with E-state index in [-0.39, 0.29) is 39.8 Å². The highest BCUT2D eigenvalue weighted by Crippen LogP contribution is 2.36. The van der Waals surface area contributed by atoms with Crippen LogP contribution in [0.1, 0.15) is 38.1 Å². The zero-order valence-electron chi connectivity index (χ0n) is 22.7. The lowest BCUT2D eigenvalue weighted by atomic mass is 10.1. The number of hydrogen-bond acceptors (Lipinski definition) is 7. The fourth-order valence-electron chi connectivity index (χ4n) is 5.15. The Morgan fingerprint density at radius 3 is 2.62 bits per heavy atom. The number of aromatic nitrogens is 5. The van der Waals surface area contributed by atoms with Crippen LogP contribution in [-0.2, 0) is 4.79 Å². The Labute approximate surface area is 236 Å². The van der Waals surface area contributed by atoms with E-state index in [9.17, 15) is 14.0 Å². The van der Waals surface area contributed by atoms with Gasteiger partial charge in [0.1, 0.15) is 18.0 Å². The highest BCUT2D eigenvalue weighted by atomic mass is 35.5. The van der Waals surface area contributed by atoms with E-state index in [4.69, 9.17) is 16.6 Å². The number of carbonyl (C=O) groups is 1. The van der Waals surface area contributed by atoms with Gasteiger partial charge in [-0.15, -0.1) is 0 Å². The van der Waals surface area contributed by atoms with Crippen LogP contribution in [0.2, 0.25) is 5.02 Å². The van der Waals surface area contributed by atoms with E-state index >= 15 is 0 Å². The maximum Gasteiger partial charge on any atom is 0.355 e. The summed E-state index contributed by atoms with van der Waals surface area (Å²) in [7, 11) is 0. The van der Waals surface area contributed by atoms with E-state index in [1.807, 2.05) is 25.7 Å². The van der Waals surface area contributed by atoms with Crippen molar-refractivity contribution >= 4 is 34.4 Å². The maximum atomic E-state index is 14.9. The standard InChI is InChI=1S/C29H29ClFN7O2/c1-6-23(39)36-11-12-37(17(4)14-36)27-20-13-21(30)25(19-9-7-8-10-22(19)31)34-28(20)38(29(40)35-27)26-18(5)32-15-33-24(26)16(2)3/h6-10,13,15-17H,1,11-12,14H2,2-5H3/t17-/m0/s1. The first-order chi connectivity index (χ1) is 19.1. The van der Waals surface area contributed by atoms with Gasteiger partial charge in [0, 0.05) is 31.2 Å². The lowest BCUT2D eigenvalue weighted by Crippen LogP contribution is -2.54. The van der Waals surface area contributed by atoms with E-state index < -0.39 is 11.5 Å². The van der Waals surface area contributed by atoms with Gasteiger partial charge < -0.3 is 9.80 Å². The van der Waals surface area contributed by atoms with Gasteiger partial charge in [0.05, 0.1) is 33.2 Å². The molecule has 0 spiro atoms. The number of fused-ring (bicyclic) bond motifs is 1. The SMILES string of the molecule is C=CC(=O)N1CCN(c2nc(=O)n(-c3c(C)ncnc3C(C)C)c3nc(-c4ccccc4F)c(Cl)cc23)[C@@H](C)C1. The molecule has 4 aromatic rings. The molecule has 1 fully saturated rings. The molecule has 0 unspecified atom stereocenters. The zero-order valence-corrected chi connectivity index (χ0v) is 23.5. The number of amides is 1. The second-order valence-electron chi connectivity index (χ2n) is 10.1. The van der Waals surface area contributed by atoms with Crippen molar-refractivity contribution in [3.63, 3.8) is 0 Å². The Balaban J connectivity index is 1.81. The first-order valence-corrected chi connectivity index (χ1v) is 13.4. The van der Waals surface area contributed by atoms with Gasteiger partial charge in [-0.2, -0.15) is 4.98 Å². The highest BCUT2D eigenvalue weighted by Gasteiger charge is 2.30. The molecule has 11 heteroatoms. The number of carbonyl (C=O) groups excluding carboxylic acids is 1. The molecule has 0 radical (unpaired) electrons. The van der Waals surface area contributed by atoms with Crippen LogP contribution in [0.25, 0.3) is 28.0 Å². The first kappa shape index (κ1) is 27.4. The number of nitrogens with zero attached hydrogens (tertiary/aromatic N) is 7. The normalized spacial score (nSPS) is 15.6. The number of anilines is 1. The molecule has 1 saturated heterocycles. The van der Waals surface area contributed by atoms with Crippen LogP contribution in [-0.4, -0.2) is 61.0 Å². The third-order valence-electron chi connectivity index (χ3n) is 7.12. The van der Waals surface area contributed by atoms with Crippen molar-refractivity contribution in [1.29, 1.82) is 0 Å². The van der Waals surface area contributed by atoms with Crippen molar-refractivity contribution in [2.75, 3.05) is 24.5 Å². The van der Waals surface area contributed by atoms with Gasteiger partial charge >= 0.3 is 5.69 Å². The van der Waals surface area contributed by atoms with E-state index in [1.54, 1.807) is 36.1 Å². The Hall–Kier alpha value is -4.18. The zero-order chi connectivity index (χ0) is 28.7. The van der Waals surface area contributed by atoms with Gasteiger partial charge in [-0.1, -0.05) is 44.2 Å². The van der Waals surface area contributed by atoms with Crippen molar-refractivity contribution in [3.8, 4) is 16.9 Å². The van der Waals surface area contributed by atoms with Crippen molar-refractivity contribution < 1.29 is 9.18 Å². The summed E-state index contributed by atoms with van der Waals surface area (Å²) in [6, 6.07) is 7.72. The van der Waals surface area contributed by atoms with Gasteiger partial charge in [0.25, 0.3) is 0 Å². The van der Waals surface area contributed by atoms with Gasteiger partial charge in [-0.3, -0.25) is 4.79 Å². The van der Waals surface area contributed by atoms with Gasteiger partial charge in [0.2, 0.25) is 5.91 Å². The molecule has 1 aliphatic rings. The van der Waals surface area contributed by atoms with Crippen LogP contribution < -0.4 is 10.6 Å². The van der Waals surface area contributed by atoms with E-state index in [0.29, 0.717) is 47.9 Å². The van der Waals surface area contributed by atoms with Crippen LogP contribution >= 0.6 is 11.6 Å². The van der Waals surface area contributed by atoms with Crippen LogP contribution in [0.3, 0.4) is 0 Å². The number of hydrogen-bond donors (Lipinski definition) is 0. The number of piperazine rings is 1. The maximum absolute atomic E-state index is 14.9. The molecule has 0 aliphatic carbocycles. The average molecular weight is 562 g/mol.